The number of methoxy groups -OCH3 is 1. The van der Waals surface area contributed by atoms with Crippen molar-refractivity contribution in [1.82, 2.24) is 10.2 Å². The number of benzene rings is 4. The van der Waals surface area contributed by atoms with Crippen molar-refractivity contribution in [3.05, 3.63) is 114 Å². The predicted molar refractivity (Wildman–Crippen MR) is 191 cm³/mol. The van der Waals surface area contributed by atoms with Crippen LogP contribution in [0, 0.1) is 6.92 Å². The number of nitrogens with zero attached hydrogens (tertiary/aromatic N) is 2. The highest BCUT2D eigenvalue weighted by Crippen LogP contribution is 2.29. The summed E-state index contributed by atoms with van der Waals surface area (Å²) in [6.45, 7) is 3.31. The van der Waals surface area contributed by atoms with Crippen LogP contribution >= 0.6 is 0 Å². The summed E-state index contributed by atoms with van der Waals surface area (Å²) in [6, 6.07) is 28.9. The van der Waals surface area contributed by atoms with Crippen LogP contribution in [0.4, 0.5) is 5.69 Å². The SMILES string of the molecule is CC[C@@H](C(=O)NC1CCCCC1)N(Cc1cccc(OC)c1)C(=O)CN(c1ccc(Oc2ccccc2)cc1)S(=O)(=O)c1ccc(C)cc1. The molecule has 0 heterocycles. The van der Waals surface area contributed by atoms with Crippen LogP contribution in [0.2, 0.25) is 0 Å². The van der Waals surface area contributed by atoms with Crippen LogP contribution in [0.3, 0.4) is 0 Å². The van der Waals surface area contributed by atoms with E-state index in [4.69, 9.17) is 9.47 Å². The summed E-state index contributed by atoms with van der Waals surface area (Å²) in [5, 5.41) is 3.18. The number of hydrogen-bond acceptors (Lipinski definition) is 6. The Morgan fingerprint density at radius 1 is 0.837 bits per heavy atom. The summed E-state index contributed by atoms with van der Waals surface area (Å²) in [6.07, 6.45) is 5.40. The Bertz CT molecular complexity index is 1790. The van der Waals surface area contributed by atoms with Gasteiger partial charge in [0.25, 0.3) is 10.0 Å². The lowest BCUT2D eigenvalue weighted by Crippen LogP contribution is -2.54. The van der Waals surface area contributed by atoms with E-state index in [0.29, 0.717) is 23.7 Å². The van der Waals surface area contributed by atoms with Crippen molar-refractivity contribution < 1.29 is 27.5 Å². The number of ether oxygens (including phenoxy) is 2. The van der Waals surface area contributed by atoms with Gasteiger partial charge in [0.15, 0.2) is 0 Å². The first-order valence-corrected chi connectivity index (χ1v) is 18.3. The molecule has 9 nitrogen and oxygen atoms in total. The van der Waals surface area contributed by atoms with Crippen molar-refractivity contribution in [2.45, 2.75) is 75.9 Å². The number of nitrogens with one attached hydrogen (secondary N) is 1. The highest BCUT2D eigenvalue weighted by atomic mass is 32.2. The third-order valence-electron chi connectivity index (χ3n) is 8.82. The van der Waals surface area contributed by atoms with Crippen LogP contribution in [0.25, 0.3) is 0 Å². The Hall–Kier alpha value is -4.83. The summed E-state index contributed by atoms with van der Waals surface area (Å²) in [7, 11) is -2.64. The summed E-state index contributed by atoms with van der Waals surface area (Å²) in [4.78, 5) is 29.9. The minimum absolute atomic E-state index is 0.0527. The fourth-order valence-electron chi connectivity index (χ4n) is 6.10. The Morgan fingerprint density at radius 3 is 2.14 bits per heavy atom. The van der Waals surface area contributed by atoms with Gasteiger partial charge in [-0.2, -0.15) is 0 Å². The van der Waals surface area contributed by atoms with E-state index in [1.54, 1.807) is 43.5 Å². The number of amides is 2. The number of hydrogen-bond donors (Lipinski definition) is 1. The van der Waals surface area contributed by atoms with E-state index < -0.39 is 28.5 Å². The topological polar surface area (TPSA) is 105 Å². The van der Waals surface area contributed by atoms with Crippen LogP contribution in [-0.4, -0.2) is 50.9 Å². The van der Waals surface area contributed by atoms with E-state index in [0.717, 1.165) is 47.5 Å². The van der Waals surface area contributed by atoms with Crippen LogP contribution < -0.4 is 19.1 Å². The van der Waals surface area contributed by atoms with Gasteiger partial charge in [0.05, 0.1) is 17.7 Å². The molecular formula is C39H45N3O6S. The molecule has 0 unspecified atom stereocenters. The summed E-state index contributed by atoms with van der Waals surface area (Å²) in [5.41, 5.74) is 1.95. The number of carbonyl (C=O) groups excluding carboxylic acids is 2. The molecule has 10 heteroatoms. The molecule has 0 aliphatic heterocycles. The summed E-state index contributed by atoms with van der Waals surface area (Å²) in [5.74, 6) is 1.03. The molecule has 4 aromatic rings. The molecule has 1 fully saturated rings. The third-order valence-corrected chi connectivity index (χ3v) is 10.6. The molecule has 2 amide bonds. The van der Waals surface area contributed by atoms with Crippen molar-refractivity contribution in [3.8, 4) is 17.2 Å². The van der Waals surface area contributed by atoms with Gasteiger partial charge >= 0.3 is 0 Å². The van der Waals surface area contributed by atoms with Crippen LogP contribution in [-0.2, 0) is 26.2 Å². The first-order valence-electron chi connectivity index (χ1n) is 16.8. The number of carbonyl (C=O) groups is 2. The Balaban J connectivity index is 1.49. The Morgan fingerprint density at radius 2 is 1.49 bits per heavy atom. The average molecular weight is 684 g/mol. The van der Waals surface area contributed by atoms with Crippen molar-refractivity contribution in [2.24, 2.45) is 0 Å². The van der Waals surface area contributed by atoms with Crippen LogP contribution in [0.5, 0.6) is 17.2 Å². The number of para-hydroxylation sites is 1. The van der Waals surface area contributed by atoms with E-state index in [9.17, 15) is 18.0 Å². The Kier molecular flexibility index (Phi) is 12.0. The first-order chi connectivity index (χ1) is 23.7. The van der Waals surface area contributed by atoms with Gasteiger partial charge in [-0.25, -0.2) is 8.42 Å². The fraction of sp³-hybridized carbons (Fsp3) is 0.333. The zero-order chi connectivity index (χ0) is 34.8. The van der Waals surface area contributed by atoms with Crippen molar-refractivity contribution in [2.75, 3.05) is 18.0 Å². The zero-order valence-corrected chi connectivity index (χ0v) is 29.2. The van der Waals surface area contributed by atoms with Crippen molar-refractivity contribution in [3.63, 3.8) is 0 Å². The van der Waals surface area contributed by atoms with Gasteiger partial charge in [0, 0.05) is 12.6 Å². The maximum Gasteiger partial charge on any atom is 0.264 e. The summed E-state index contributed by atoms with van der Waals surface area (Å²) >= 11 is 0. The van der Waals surface area contributed by atoms with Gasteiger partial charge in [-0.3, -0.25) is 13.9 Å². The molecule has 258 valence electrons. The molecule has 0 radical (unpaired) electrons. The highest BCUT2D eigenvalue weighted by molar-refractivity contribution is 7.92. The lowest BCUT2D eigenvalue weighted by atomic mass is 9.95. The molecule has 5 rings (SSSR count). The molecule has 1 saturated carbocycles. The molecule has 0 aromatic heterocycles. The number of sulfonamides is 1. The standard InChI is InChI=1S/C39H45N3O6S/c1-4-37(39(44)40-31-13-7-5-8-14-31)41(27-30-12-11-17-35(26-30)47-3)38(43)28-42(49(45,46)36-24-18-29(2)19-25-36)32-20-22-34(23-21-32)48-33-15-9-6-10-16-33/h6,9-12,15-26,31,37H,4-5,7-8,13-14,27-28H2,1-3H3,(H,40,44)/t37-/m0/s1. The van der Waals surface area contributed by atoms with E-state index in [1.807, 2.05) is 68.4 Å². The molecule has 1 aliphatic rings. The quantitative estimate of drug-likeness (QED) is 0.150. The highest BCUT2D eigenvalue weighted by Gasteiger charge is 2.34. The zero-order valence-electron chi connectivity index (χ0n) is 28.4. The minimum atomic E-state index is -4.21. The van der Waals surface area contributed by atoms with Gasteiger partial charge in [0.1, 0.15) is 29.8 Å². The molecule has 49 heavy (non-hydrogen) atoms. The van der Waals surface area contributed by atoms with Gasteiger partial charge in [-0.15, -0.1) is 0 Å². The maximum absolute atomic E-state index is 14.5. The second-order valence-corrected chi connectivity index (χ2v) is 14.2. The number of aryl methyl sites for hydroxylation is 1. The molecule has 0 bridgehead atoms. The maximum atomic E-state index is 14.5. The van der Waals surface area contributed by atoms with E-state index in [2.05, 4.69) is 5.32 Å². The van der Waals surface area contributed by atoms with Crippen molar-refractivity contribution in [1.29, 1.82) is 0 Å². The van der Waals surface area contributed by atoms with E-state index >= 15 is 0 Å². The molecule has 1 N–H and O–H groups in total. The molecule has 1 aliphatic carbocycles. The largest absolute Gasteiger partial charge is 0.497 e. The lowest BCUT2D eigenvalue weighted by molar-refractivity contribution is -0.140. The average Bonchev–Trinajstić information content (AvgIpc) is 3.12. The second-order valence-electron chi connectivity index (χ2n) is 12.4. The molecular weight excluding hydrogens is 639 g/mol. The molecule has 4 aromatic carbocycles. The second kappa shape index (κ2) is 16.5. The molecule has 1 atom stereocenters. The van der Waals surface area contributed by atoms with Gasteiger partial charge in [-0.1, -0.05) is 74.2 Å². The monoisotopic (exact) mass is 683 g/mol. The minimum Gasteiger partial charge on any atom is -0.497 e. The van der Waals surface area contributed by atoms with E-state index in [1.165, 1.54) is 17.0 Å². The third kappa shape index (κ3) is 9.20. The van der Waals surface area contributed by atoms with Gasteiger partial charge in [0.2, 0.25) is 11.8 Å². The van der Waals surface area contributed by atoms with Gasteiger partial charge in [-0.05, 0) is 92.4 Å². The Labute approximate surface area is 289 Å². The molecule has 0 spiro atoms. The van der Waals surface area contributed by atoms with Gasteiger partial charge < -0.3 is 19.7 Å². The normalized spacial score (nSPS) is 14.0. The van der Waals surface area contributed by atoms with Crippen molar-refractivity contribution >= 4 is 27.5 Å². The molecule has 0 saturated heterocycles. The summed E-state index contributed by atoms with van der Waals surface area (Å²) < 4.78 is 41.0. The predicted octanol–water partition coefficient (Wildman–Crippen LogP) is 7.25. The van der Waals surface area contributed by atoms with Crippen LogP contribution in [0.1, 0.15) is 56.6 Å². The smallest absolute Gasteiger partial charge is 0.264 e. The lowest BCUT2D eigenvalue weighted by Gasteiger charge is -2.34. The van der Waals surface area contributed by atoms with Crippen LogP contribution in [0.15, 0.2) is 108 Å². The first kappa shape index (κ1) is 35.5. The van der Waals surface area contributed by atoms with E-state index in [-0.39, 0.29) is 29.1 Å². The number of anilines is 1. The fourth-order valence-corrected chi connectivity index (χ4v) is 7.52. The number of rotatable bonds is 14.